The number of halogens is 2. The molecule has 0 radical (unpaired) electrons. The van der Waals surface area contributed by atoms with E-state index in [0.717, 1.165) is 11.4 Å². The molecule has 3 aromatic rings. The topological polar surface area (TPSA) is 60.5 Å². The Morgan fingerprint density at radius 1 is 1.15 bits per heavy atom. The third-order valence-corrected chi connectivity index (χ3v) is 4.65. The fraction of sp³-hybridized carbons (Fsp3) is 0.222. The van der Waals surface area contributed by atoms with Gasteiger partial charge in [-0.15, -0.1) is 0 Å². The van der Waals surface area contributed by atoms with Gasteiger partial charge in [0.15, 0.2) is 5.82 Å². The van der Waals surface area contributed by atoms with Gasteiger partial charge in [-0.05, 0) is 24.3 Å². The molecular formula is C18H15ClFN3O3. The Balaban J connectivity index is 1.65. The number of anilines is 1. The van der Waals surface area contributed by atoms with Crippen LogP contribution in [0.3, 0.4) is 0 Å². The molecule has 0 amide bonds. The lowest BCUT2D eigenvalue weighted by Crippen LogP contribution is -2.34. The smallest absolute Gasteiger partial charge is 0.441 e. The van der Waals surface area contributed by atoms with Gasteiger partial charge in [0, 0.05) is 10.6 Å². The molecule has 6 nitrogen and oxygen atoms in total. The number of aromatic nitrogens is 2. The maximum absolute atomic E-state index is 14.1. The Labute approximate surface area is 153 Å². The summed E-state index contributed by atoms with van der Waals surface area (Å²) in [5.74, 6) is 0.0356. The highest BCUT2D eigenvalue weighted by molar-refractivity contribution is 6.31. The van der Waals surface area contributed by atoms with Crippen LogP contribution in [-0.2, 0) is 13.1 Å². The monoisotopic (exact) mass is 375 g/mol. The minimum absolute atomic E-state index is 0.0465. The van der Waals surface area contributed by atoms with Gasteiger partial charge in [-0.25, -0.2) is 9.18 Å². The summed E-state index contributed by atoms with van der Waals surface area (Å²) < 4.78 is 25.8. The van der Waals surface area contributed by atoms with Crippen molar-refractivity contribution in [1.82, 2.24) is 9.72 Å². The average Bonchev–Trinajstić information content (AvgIpc) is 2.98. The van der Waals surface area contributed by atoms with Gasteiger partial charge in [0.25, 0.3) is 0 Å². The summed E-state index contributed by atoms with van der Waals surface area (Å²) in [5, 5.41) is 4.12. The van der Waals surface area contributed by atoms with Gasteiger partial charge >= 0.3 is 5.76 Å². The fourth-order valence-electron chi connectivity index (χ4n) is 2.97. The lowest BCUT2D eigenvalue weighted by atomic mass is 10.2. The fourth-order valence-corrected chi connectivity index (χ4v) is 3.19. The zero-order valence-corrected chi connectivity index (χ0v) is 14.4. The van der Waals surface area contributed by atoms with Crippen molar-refractivity contribution in [2.75, 3.05) is 18.1 Å². The minimum Gasteiger partial charge on any atom is -0.490 e. The number of para-hydroxylation sites is 2. The van der Waals surface area contributed by atoms with Crippen molar-refractivity contribution in [1.29, 1.82) is 0 Å². The molecule has 0 saturated carbocycles. The molecule has 1 aliphatic heterocycles. The van der Waals surface area contributed by atoms with Crippen molar-refractivity contribution in [3.05, 3.63) is 75.2 Å². The standard InChI is InChI=1S/C18H15ClFN3O3/c19-13-4-3-5-14(20)12(13)10-23-17(21-26-18(23)24)11-22-8-9-25-16-7-2-1-6-15(16)22/h1-7H,8-11H2. The van der Waals surface area contributed by atoms with E-state index in [9.17, 15) is 9.18 Å². The van der Waals surface area contributed by atoms with Crippen LogP contribution in [0.15, 0.2) is 51.8 Å². The summed E-state index contributed by atoms with van der Waals surface area (Å²) in [4.78, 5) is 14.1. The molecule has 0 unspecified atom stereocenters. The van der Waals surface area contributed by atoms with Crippen LogP contribution >= 0.6 is 11.6 Å². The Bertz CT molecular complexity index is 981. The Morgan fingerprint density at radius 2 is 2.00 bits per heavy atom. The van der Waals surface area contributed by atoms with Crippen molar-refractivity contribution in [2.45, 2.75) is 13.1 Å². The van der Waals surface area contributed by atoms with Crippen molar-refractivity contribution in [3.63, 3.8) is 0 Å². The number of nitrogens with zero attached hydrogens (tertiary/aromatic N) is 3. The van der Waals surface area contributed by atoms with E-state index in [-0.39, 0.29) is 17.1 Å². The average molecular weight is 376 g/mol. The second-order valence-electron chi connectivity index (χ2n) is 5.89. The third-order valence-electron chi connectivity index (χ3n) is 4.30. The van der Waals surface area contributed by atoms with Gasteiger partial charge in [-0.2, -0.15) is 0 Å². The van der Waals surface area contributed by atoms with E-state index in [0.29, 0.717) is 25.5 Å². The molecule has 26 heavy (non-hydrogen) atoms. The first-order chi connectivity index (χ1) is 12.6. The van der Waals surface area contributed by atoms with Crippen molar-refractivity contribution >= 4 is 17.3 Å². The second kappa shape index (κ2) is 6.84. The molecule has 0 atom stereocenters. The zero-order chi connectivity index (χ0) is 18.1. The molecule has 0 fully saturated rings. The summed E-state index contributed by atoms with van der Waals surface area (Å²) in [7, 11) is 0. The predicted octanol–water partition coefficient (Wildman–Crippen LogP) is 3.08. The second-order valence-corrected chi connectivity index (χ2v) is 6.30. The van der Waals surface area contributed by atoms with Crippen LogP contribution in [0, 0.1) is 5.82 Å². The lowest BCUT2D eigenvalue weighted by molar-refractivity contribution is 0.305. The summed E-state index contributed by atoms with van der Waals surface area (Å²) in [5.41, 5.74) is 1.13. The van der Waals surface area contributed by atoms with Crippen LogP contribution in [0.25, 0.3) is 0 Å². The maximum Gasteiger partial charge on any atom is 0.441 e. The number of fused-ring (bicyclic) bond motifs is 1. The molecule has 8 heteroatoms. The molecular weight excluding hydrogens is 361 g/mol. The van der Waals surface area contributed by atoms with Gasteiger partial charge in [0.05, 0.1) is 25.3 Å². The molecule has 0 bridgehead atoms. The molecule has 2 heterocycles. The van der Waals surface area contributed by atoms with E-state index in [1.807, 2.05) is 29.2 Å². The van der Waals surface area contributed by atoms with Crippen molar-refractivity contribution in [2.24, 2.45) is 0 Å². The van der Waals surface area contributed by atoms with Crippen LogP contribution in [0.2, 0.25) is 5.02 Å². The van der Waals surface area contributed by atoms with Crippen LogP contribution in [0.1, 0.15) is 11.4 Å². The van der Waals surface area contributed by atoms with Crippen LogP contribution in [-0.4, -0.2) is 22.9 Å². The third kappa shape index (κ3) is 3.06. The van der Waals surface area contributed by atoms with Gasteiger partial charge < -0.3 is 9.64 Å². The lowest BCUT2D eigenvalue weighted by Gasteiger charge is -2.30. The number of hydrogen-bond donors (Lipinski definition) is 0. The molecule has 4 rings (SSSR count). The van der Waals surface area contributed by atoms with Crippen LogP contribution in [0.4, 0.5) is 10.1 Å². The van der Waals surface area contributed by atoms with E-state index >= 15 is 0 Å². The van der Waals surface area contributed by atoms with Crippen LogP contribution in [0.5, 0.6) is 5.75 Å². The summed E-state index contributed by atoms with van der Waals surface area (Å²) in [6.07, 6.45) is 0. The number of ether oxygens (including phenoxy) is 1. The van der Waals surface area contributed by atoms with E-state index in [1.165, 1.54) is 16.7 Å². The quantitative estimate of drug-likeness (QED) is 0.701. The normalized spacial score (nSPS) is 13.4. The highest BCUT2D eigenvalue weighted by Crippen LogP contribution is 2.31. The number of rotatable bonds is 4. The SMILES string of the molecule is O=c1onc(CN2CCOc3ccccc32)n1Cc1c(F)cccc1Cl. The number of benzene rings is 2. The first-order valence-corrected chi connectivity index (χ1v) is 8.46. The summed E-state index contributed by atoms with van der Waals surface area (Å²) in [6, 6.07) is 12.0. The first kappa shape index (κ1) is 16.7. The predicted molar refractivity (Wildman–Crippen MR) is 94.3 cm³/mol. The summed E-state index contributed by atoms with van der Waals surface area (Å²) >= 11 is 6.08. The summed E-state index contributed by atoms with van der Waals surface area (Å²) in [6.45, 7) is 1.45. The van der Waals surface area contributed by atoms with Crippen molar-refractivity contribution in [3.8, 4) is 5.75 Å². The highest BCUT2D eigenvalue weighted by atomic mass is 35.5. The van der Waals surface area contributed by atoms with Gasteiger partial charge in [0.2, 0.25) is 0 Å². The maximum atomic E-state index is 14.1. The Kier molecular flexibility index (Phi) is 4.38. The number of hydrogen-bond acceptors (Lipinski definition) is 5. The van der Waals surface area contributed by atoms with Crippen molar-refractivity contribution < 1.29 is 13.7 Å². The Morgan fingerprint density at radius 3 is 2.85 bits per heavy atom. The minimum atomic E-state index is -0.652. The largest absolute Gasteiger partial charge is 0.490 e. The van der Waals surface area contributed by atoms with Crippen LogP contribution < -0.4 is 15.4 Å². The molecule has 1 aliphatic rings. The van der Waals surface area contributed by atoms with E-state index in [4.69, 9.17) is 20.9 Å². The molecule has 0 aliphatic carbocycles. The molecule has 1 aromatic heterocycles. The highest BCUT2D eigenvalue weighted by Gasteiger charge is 2.22. The first-order valence-electron chi connectivity index (χ1n) is 8.08. The van der Waals surface area contributed by atoms with Gasteiger partial charge in [-0.3, -0.25) is 9.09 Å². The molecule has 0 saturated heterocycles. The molecule has 0 N–H and O–H groups in total. The molecule has 134 valence electrons. The van der Waals surface area contributed by atoms with Gasteiger partial charge in [-0.1, -0.05) is 35.0 Å². The molecule has 2 aromatic carbocycles. The molecule has 0 spiro atoms. The zero-order valence-electron chi connectivity index (χ0n) is 13.7. The Hall–Kier alpha value is -2.80. The van der Waals surface area contributed by atoms with E-state index in [2.05, 4.69) is 5.16 Å². The van der Waals surface area contributed by atoms with E-state index < -0.39 is 11.6 Å². The van der Waals surface area contributed by atoms with Gasteiger partial charge in [0.1, 0.15) is 18.2 Å². The van der Waals surface area contributed by atoms with E-state index in [1.54, 1.807) is 6.07 Å².